The number of carboxylic acids is 1. The van der Waals surface area contributed by atoms with Crippen LogP contribution >= 0.6 is 11.6 Å². The molecule has 0 aliphatic carbocycles. The lowest BCUT2D eigenvalue weighted by atomic mass is 10.1. The number of rotatable bonds is 2. The summed E-state index contributed by atoms with van der Waals surface area (Å²) in [6.07, 6.45) is -0.967. The maximum absolute atomic E-state index is 12.2. The number of ether oxygens (including phenoxy) is 1. The Balaban J connectivity index is 2.14. The van der Waals surface area contributed by atoms with Crippen LogP contribution in [-0.4, -0.2) is 47.7 Å². The van der Waals surface area contributed by atoms with Gasteiger partial charge in [0.1, 0.15) is 0 Å². The number of halogens is 1. The predicted octanol–water partition coefficient (Wildman–Crippen LogP) is 1.27. The average molecular weight is 270 g/mol. The molecule has 1 aromatic carbocycles. The maximum atomic E-state index is 12.2. The first kappa shape index (κ1) is 12.9. The zero-order valence-corrected chi connectivity index (χ0v) is 10.3. The largest absolute Gasteiger partial charge is 0.479 e. The number of carbonyl (C=O) groups excluding carboxylic acids is 1. The van der Waals surface area contributed by atoms with Gasteiger partial charge < -0.3 is 14.7 Å². The van der Waals surface area contributed by atoms with Crippen molar-refractivity contribution in [3.05, 3.63) is 34.9 Å². The van der Waals surface area contributed by atoms with Gasteiger partial charge >= 0.3 is 5.97 Å². The van der Waals surface area contributed by atoms with Crippen molar-refractivity contribution in [3.8, 4) is 0 Å². The molecule has 2 rings (SSSR count). The highest BCUT2D eigenvalue weighted by Gasteiger charge is 2.29. The summed E-state index contributed by atoms with van der Waals surface area (Å²) in [7, 11) is 0. The number of hydrogen-bond donors (Lipinski definition) is 1. The van der Waals surface area contributed by atoms with E-state index in [4.69, 9.17) is 21.4 Å². The highest BCUT2D eigenvalue weighted by molar-refractivity contribution is 6.33. The molecule has 0 aromatic heterocycles. The van der Waals surface area contributed by atoms with E-state index >= 15 is 0 Å². The monoisotopic (exact) mass is 269 g/mol. The second kappa shape index (κ2) is 5.37. The van der Waals surface area contributed by atoms with Crippen LogP contribution in [0, 0.1) is 0 Å². The molecule has 1 aliphatic heterocycles. The van der Waals surface area contributed by atoms with Crippen molar-refractivity contribution in [2.24, 2.45) is 0 Å². The molecule has 1 atom stereocenters. The molecule has 1 unspecified atom stereocenters. The Morgan fingerprint density at radius 1 is 1.39 bits per heavy atom. The molecule has 1 saturated heterocycles. The van der Waals surface area contributed by atoms with Gasteiger partial charge in [0.05, 0.1) is 23.7 Å². The van der Waals surface area contributed by atoms with Crippen molar-refractivity contribution in [1.29, 1.82) is 0 Å². The molecule has 0 radical (unpaired) electrons. The van der Waals surface area contributed by atoms with Gasteiger partial charge in [-0.2, -0.15) is 0 Å². The Bertz CT molecular complexity index is 477. The van der Waals surface area contributed by atoms with Gasteiger partial charge in [-0.1, -0.05) is 23.7 Å². The van der Waals surface area contributed by atoms with Crippen LogP contribution in [0.1, 0.15) is 10.4 Å². The van der Waals surface area contributed by atoms with Gasteiger partial charge in [0.2, 0.25) is 0 Å². The lowest BCUT2D eigenvalue weighted by Crippen LogP contribution is -2.48. The third-order valence-corrected chi connectivity index (χ3v) is 3.06. The fraction of sp³-hybridized carbons (Fsp3) is 0.333. The normalized spacial score (nSPS) is 19.6. The lowest BCUT2D eigenvalue weighted by molar-refractivity contribution is -0.154. The van der Waals surface area contributed by atoms with E-state index in [9.17, 15) is 9.59 Å². The van der Waals surface area contributed by atoms with E-state index in [1.54, 1.807) is 24.3 Å². The summed E-state index contributed by atoms with van der Waals surface area (Å²) in [6.45, 7) is 0.625. The topological polar surface area (TPSA) is 66.8 Å². The molecule has 96 valence electrons. The minimum Gasteiger partial charge on any atom is -0.479 e. The Kier molecular flexibility index (Phi) is 3.84. The van der Waals surface area contributed by atoms with Crippen LogP contribution in [0.15, 0.2) is 24.3 Å². The SMILES string of the molecule is O=C(O)C1CN(C(=O)c2ccccc2Cl)CCO1. The van der Waals surface area contributed by atoms with Gasteiger partial charge in [-0.25, -0.2) is 4.79 Å². The number of carboxylic acid groups (broad SMARTS) is 1. The first-order valence-corrected chi connectivity index (χ1v) is 5.85. The number of hydrogen-bond acceptors (Lipinski definition) is 3. The van der Waals surface area contributed by atoms with Crippen molar-refractivity contribution in [3.63, 3.8) is 0 Å². The molecular weight excluding hydrogens is 258 g/mol. The van der Waals surface area contributed by atoms with Crippen molar-refractivity contribution < 1.29 is 19.4 Å². The molecule has 1 fully saturated rings. The van der Waals surface area contributed by atoms with E-state index in [0.717, 1.165) is 0 Å². The van der Waals surface area contributed by atoms with Crippen LogP contribution in [0.25, 0.3) is 0 Å². The number of benzene rings is 1. The number of carbonyl (C=O) groups is 2. The van der Waals surface area contributed by atoms with Gasteiger partial charge in [0.15, 0.2) is 6.10 Å². The van der Waals surface area contributed by atoms with Gasteiger partial charge in [0, 0.05) is 6.54 Å². The van der Waals surface area contributed by atoms with Crippen LogP contribution in [0.4, 0.5) is 0 Å². The quantitative estimate of drug-likeness (QED) is 0.878. The van der Waals surface area contributed by atoms with E-state index in [1.165, 1.54) is 4.90 Å². The Hall–Kier alpha value is -1.59. The summed E-state index contributed by atoms with van der Waals surface area (Å²) in [5, 5.41) is 9.24. The summed E-state index contributed by atoms with van der Waals surface area (Å²) in [4.78, 5) is 24.5. The van der Waals surface area contributed by atoms with Crippen LogP contribution in [0.2, 0.25) is 5.02 Å². The fourth-order valence-electron chi connectivity index (χ4n) is 1.79. The van der Waals surface area contributed by atoms with Gasteiger partial charge in [-0.3, -0.25) is 4.79 Å². The molecule has 1 heterocycles. The molecular formula is C12H12ClNO4. The van der Waals surface area contributed by atoms with E-state index in [0.29, 0.717) is 17.1 Å². The smallest absolute Gasteiger partial charge is 0.334 e. The second-order valence-corrected chi connectivity index (χ2v) is 4.34. The van der Waals surface area contributed by atoms with Gasteiger partial charge in [0.25, 0.3) is 5.91 Å². The fourth-order valence-corrected chi connectivity index (χ4v) is 2.00. The van der Waals surface area contributed by atoms with Crippen molar-refractivity contribution in [1.82, 2.24) is 4.90 Å². The van der Waals surface area contributed by atoms with Gasteiger partial charge in [-0.15, -0.1) is 0 Å². The molecule has 1 aliphatic rings. The first-order chi connectivity index (χ1) is 8.59. The number of morpholine rings is 1. The minimum atomic E-state index is -1.06. The number of aliphatic carboxylic acids is 1. The Morgan fingerprint density at radius 2 is 2.11 bits per heavy atom. The molecule has 0 spiro atoms. The summed E-state index contributed by atoms with van der Waals surface area (Å²) in [6, 6.07) is 6.70. The van der Waals surface area contributed by atoms with Gasteiger partial charge in [-0.05, 0) is 12.1 Å². The van der Waals surface area contributed by atoms with Crippen LogP contribution in [-0.2, 0) is 9.53 Å². The zero-order valence-electron chi connectivity index (χ0n) is 9.51. The summed E-state index contributed by atoms with van der Waals surface area (Å²) in [5.74, 6) is -1.33. The van der Waals surface area contributed by atoms with E-state index in [1.807, 2.05) is 0 Å². The molecule has 6 heteroatoms. The zero-order chi connectivity index (χ0) is 13.1. The lowest BCUT2D eigenvalue weighted by Gasteiger charge is -2.31. The molecule has 1 N–H and O–H groups in total. The average Bonchev–Trinajstić information content (AvgIpc) is 2.38. The summed E-state index contributed by atoms with van der Waals surface area (Å²) < 4.78 is 5.06. The number of amides is 1. The molecule has 1 aromatic rings. The summed E-state index contributed by atoms with van der Waals surface area (Å²) >= 11 is 5.94. The first-order valence-electron chi connectivity index (χ1n) is 5.48. The molecule has 5 nitrogen and oxygen atoms in total. The highest BCUT2D eigenvalue weighted by atomic mass is 35.5. The minimum absolute atomic E-state index is 0.0411. The molecule has 1 amide bonds. The Labute approximate surface area is 109 Å². The van der Waals surface area contributed by atoms with E-state index in [2.05, 4.69) is 0 Å². The molecule has 18 heavy (non-hydrogen) atoms. The summed E-state index contributed by atoms with van der Waals surface area (Å²) in [5.41, 5.74) is 0.380. The standard InChI is InChI=1S/C12H12ClNO4/c13-9-4-2-1-3-8(9)11(15)14-5-6-18-10(7-14)12(16)17/h1-4,10H,5-7H2,(H,16,17). The third kappa shape index (κ3) is 2.63. The van der Waals surface area contributed by atoms with Crippen LogP contribution in [0.3, 0.4) is 0 Å². The van der Waals surface area contributed by atoms with Crippen LogP contribution in [0.5, 0.6) is 0 Å². The second-order valence-electron chi connectivity index (χ2n) is 3.93. The number of nitrogens with zero attached hydrogens (tertiary/aromatic N) is 1. The molecule has 0 bridgehead atoms. The van der Waals surface area contributed by atoms with E-state index < -0.39 is 12.1 Å². The highest BCUT2D eigenvalue weighted by Crippen LogP contribution is 2.18. The van der Waals surface area contributed by atoms with Crippen LogP contribution < -0.4 is 0 Å². The Morgan fingerprint density at radius 3 is 2.78 bits per heavy atom. The molecule has 0 saturated carbocycles. The van der Waals surface area contributed by atoms with Crippen molar-refractivity contribution >= 4 is 23.5 Å². The van der Waals surface area contributed by atoms with E-state index in [-0.39, 0.29) is 19.1 Å². The van der Waals surface area contributed by atoms with Crippen molar-refractivity contribution in [2.75, 3.05) is 19.7 Å². The van der Waals surface area contributed by atoms with Crippen molar-refractivity contribution in [2.45, 2.75) is 6.10 Å². The third-order valence-electron chi connectivity index (χ3n) is 2.73. The predicted molar refractivity (Wildman–Crippen MR) is 64.7 cm³/mol. The maximum Gasteiger partial charge on any atom is 0.334 e.